The number of piperidine rings is 1. The summed E-state index contributed by atoms with van der Waals surface area (Å²) in [6.45, 7) is 4.04. The molecule has 2 fully saturated rings. The number of nitrogens with zero attached hydrogens (tertiary/aromatic N) is 2. The van der Waals surface area contributed by atoms with Gasteiger partial charge >= 0.3 is 11.4 Å². The molecule has 2 saturated heterocycles. The molecule has 2 aliphatic rings. The van der Waals surface area contributed by atoms with Crippen LogP contribution >= 0.6 is 0 Å². The van der Waals surface area contributed by atoms with Crippen LogP contribution in [0.25, 0.3) is 21.8 Å². The Labute approximate surface area is 168 Å². The summed E-state index contributed by atoms with van der Waals surface area (Å²) in [4.78, 5) is 22.3. The van der Waals surface area contributed by atoms with E-state index in [9.17, 15) is 4.79 Å². The summed E-state index contributed by atoms with van der Waals surface area (Å²) in [5, 5.41) is 2.47. The Bertz CT molecular complexity index is 1310. The monoisotopic (exact) mass is 386 g/mol. The fraction of sp³-hybridized carbons (Fsp3) is 0.292. The summed E-state index contributed by atoms with van der Waals surface area (Å²) in [5.41, 5.74) is 2.71. The third-order valence-corrected chi connectivity index (χ3v) is 6.99. The van der Waals surface area contributed by atoms with Crippen LogP contribution in [0.4, 0.5) is 0 Å². The van der Waals surface area contributed by atoms with Crippen LogP contribution in [-0.2, 0) is 10.6 Å². The Kier molecular flexibility index (Phi) is 3.41. The minimum Gasteiger partial charge on any atom is -0.306 e. The van der Waals surface area contributed by atoms with Gasteiger partial charge < -0.3 is 4.98 Å². The fourth-order valence-electron chi connectivity index (χ4n) is 5.45. The van der Waals surface area contributed by atoms with Crippen LogP contribution in [-0.4, -0.2) is 27.3 Å². The molecule has 1 N–H and O–H groups in total. The lowest BCUT2D eigenvalue weighted by atomic mass is 9.89. The number of hydroxylamine groups is 3. The zero-order valence-corrected chi connectivity index (χ0v) is 16.5. The molecule has 146 valence electrons. The first-order chi connectivity index (χ1) is 14.2. The zero-order chi connectivity index (χ0) is 19.6. The van der Waals surface area contributed by atoms with Gasteiger partial charge in [-0.25, -0.2) is 4.79 Å². The van der Waals surface area contributed by atoms with Gasteiger partial charge in [0.2, 0.25) is 0 Å². The summed E-state index contributed by atoms with van der Waals surface area (Å²) in [5.74, 6) is 0. The summed E-state index contributed by atoms with van der Waals surface area (Å²) in [7, 11) is 0. The van der Waals surface area contributed by atoms with Crippen LogP contribution in [0, 0.1) is 0 Å². The van der Waals surface area contributed by atoms with Crippen molar-refractivity contribution in [1.82, 2.24) is 9.55 Å². The quantitative estimate of drug-likeness (QED) is 0.418. The van der Waals surface area contributed by atoms with E-state index in [0.717, 1.165) is 37.0 Å². The highest BCUT2D eigenvalue weighted by molar-refractivity contribution is 5.83. The molecule has 5 nitrogen and oxygen atoms in total. The molecule has 5 heteroatoms. The van der Waals surface area contributed by atoms with E-state index in [4.69, 9.17) is 4.84 Å². The number of benzene rings is 3. The molecule has 3 heterocycles. The third kappa shape index (κ3) is 2.26. The smallest absolute Gasteiger partial charge is 0.306 e. The van der Waals surface area contributed by atoms with Crippen molar-refractivity contribution in [2.45, 2.75) is 31.5 Å². The maximum absolute atomic E-state index is 12.8. The molecule has 4 aromatic rings. The number of fused-ring (bicyclic) bond motifs is 3. The SMILES string of the molecule is CC[N+]12CCC(n3c(=O)[nH]c4ccccc43)CC1(c1ccc3ccccc3c1)O2. The van der Waals surface area contributed by atoms with Crippen molar-refractivity contribution in [3.63, 3.8) is 0 Å². The fourth-order valence-corrected chi connectivity index (χ4v) is 5.45. The maximum atomic E-state index is 12.8. The molecular weight excluding hydrogens is 362 g/mol. The summed E-state index contributed by atoms with van der Waals surface area (Å²) in [6, 6.07) is 23.2. The van der Waals surface area contributed by atoms with Gasteiger partial charge in [-0.1, -0.05) is 42.5 Å². The normalized spacial score (nSPS) is 28.5. The Morgan fingerprint density at radius 2 is 1.90 bits per heavy atom. The van der Waals surface area contributed by atoms with Gasteiger partial charge in [0.05, 0.1) is 29.1 Å². The average Bonchev–Trinajstić information content (AvgIpc) is 3.34. The summed E-state index contributed by atoms with van der Waals surface area (Å²) < 4.78 is 2.61. The van der Waals surface area contributed by atoms with Crippen molar-refractivity contribution in [3.05, 3.63) is 82.8 Å². The van der Waals surface area contributed by atoms with Crippen LogP contribution in [0.5, 0.6) is 0 Å². The number of aromatic amines is 1. The highest BCUT2D eigenvalue weighted by atomic mass is 16.9. The van der Waals surface area contributed by atoms with Gasteiger partial charge in [0, 0.05) is 6.42 Å². The van der Waals surface area contributed by atoms with Crippen LogP contribution in [0.2, 0.25) is 0 Å². The van der Waals surface area contributed by atoms with Crippen LogP contribution in [0.3, 0.4) is 0 Å². The van der Waals surface area contributed by atoms with Gasteiger partial charge in [-0.15, -0.1) is 9.48 Å². The first-order valence-electron chi connectivity index (χ1n) is 10.4. The van der Waals surface area contributed by atoms with Gasteiger partial charge in [-0.2, -0.15) is 0 Å². The Morgan fingerprint density at radius 3 is 2.76 bits per heavy atom. The van der Waals surface area contributed by atoms with E-state index in [1.807, 2.05) is 28.8 Å². The highest BCUT2D eigenvalue weighted by Crippen LogP contribution is 2.61. The van der Waals surface area contributed by atoms with Gasteiger partial charge in [-0.05, 0) is 42.0 Å². The molecule has 2 aliphatic heterocycles. The Balaban J connectivity index is 1.46. The molecule has 3 unspecified atom stereocenters. The lowest BCUT2D eigenvalue weighted by molar-refractivity contribution is -0.934. The molecule has 29 heavy (non-hydrogen) atoms. The van der Waals surface area contributed by atoms with Crippen LogP contribution in [0.15, 0.2) is 71.5 Å². The second kappa shape index (κ2) is 5.81. The minimum absolute atomic E-state index is 0.0259. The van der Waals surface area contributed by atoms with Gasteiger partial charge in [0.25, 0.3) is 0 Å². The molecule has 6 rings (SSSR count). The molecule has 0 saturated carbocycles. The first kappa shape index (κ1) is 17.0. The molecule has 0 bridgehead atoms. The molecule has 3 aromatic carbocycles. The molecular formula is C24H24N3O2+. The van der Waals surface area contributed by atoms with E-state index < -0.39 is 0 Å². The van der Waals surface area contributed by atoms with E-state index in [0.29, 0.717) is 4.65 Å². The van der Waals surface area contributed by atoms with Gasteiger partial charge in [0.15, 0.2) is 0 Å². The second-order valence-electron chi connectivity index (χ2n) is 8.33. The minimum atomic E-state index is -0.362. The first-order valence-corrected chi connectivity index (χ1v) is 10.4. The van der Waals surface area contributed by atoms with Crippen LogP contribution < -0.4 is 5.69 Å². The average molecular weight is 386 g/mol. The van der Waals surface area contributed by atoms with Crippen molar-refractivity contribution in [3.8, 4) is 0 Å². The van der Waals surface area contributed by atoms with Crippen molar-refractivity contribution < 1.29 is 9.48 Å². The number of quaternary nitrogens is 1. The van der Waals surface area contributed by atoms with Crippen molar-refractivity contribution in [2.24, 2.45) is 0 Å². The summed E-state index contributed by atoms with van der Waals surface area (Å²) in [6.07, 6.45) is 1.74. The van der Waals surface area contributed by atoms with E-state index >= 15 is 0 Å². The number of rotatable bonds is 3. The van der Waals surface area contributed by atoms with Gasteiger partial charge in [0.1, 0.15) is 13.1 Å². The van der Waals surface area contributed by atoms with Gasteiger partial charge in [-0.3, -0.25) is 4.57 Å². The topological polar surface area (TPSA) is 50.3 Å². The number of imidazole rings is 1. The molecule has 1 aromatic heterocycles. The molecule has 0 aliphatic carbocycles. The number of para-hydroxylation sites is 2. The van der Waals surface area contributed by atoms with Crippen molar-refractivity contribution >= 4 is 21.8 Å². The third-order valence-electron chi connectivity index (χ3n) is 6.99. The van der Waals surface area contributed by atoms with Crippen molar-refractivity contribution in [2.75, 3.05) is 13.1 Å². The van der Waals surface area contributed by atoms with E-state index in [1.165, 1.54) is 16.3 Å². The second-order valence-corrected chi connectivity index (χ2v) is 8.33. The lowest BCUT2D eigenvalue weighted by Crippen LogP contribution is -2.43. The lowest BCUT2D eigenvalue weighted by Gasteiger charge is -2.29. The number of hydrogen-bond donors (Lipinski definition) is 1. The molecule has 0 radical (unpaired) electrons. The predicted octanol–water partition coefficient (Wildman–Crippen LogP) is 4.45. The summed E-state index contributed by atoms with van der Waals surface area (Å²) >= 11 is 0. The number of nitrogens with one attached hydrogen (secondary N) is 1. The number of H-pyrrole nitrogens is 1. The Morgan fingerprint density at radius 1 is 1.10 bits per heavy atom. The van der Waals surface area contributed by atoms with E-state index in [2.05, 4.69) is 54.4 Å². The molecule has 0 amide bonds. The van der Waals surface area contributed by atoms with E-state index in [-0.39, 0.29) is 17.5 Å². The predicted molar refractivity (Wildman–Crippen MR) is 113 cm³/mol. The van der Waals surface area contributed by atoms with Crippen LogP contribution in [0.1, 0.15) is 31.4 Å². The zero-order valence-electron chi connectivity index (χ0n) is 16.5. The standard InChI is InChI=1S/C24H23N3O2/c1-2-27-14-13-20(26-22-10-6-5-9-21(22)25-23(26)28)16-24(27,29-27)19-12-11-17-7-3-4-8-18(17)15-19/h3-12,15,20H,2,13-14,16H2,1H3/p+1. The number of hydrogen-bond acceptors (Lipinski definition) is 2. The largest absolute Gasteiger partial charge is 0.326 e. The number of aromatic nitrogens is 2. The van der Waals surface area contributed by atoms with E-state index in [1.54, 1.807) is 0 Å². The van der Waals surface area contributed by atoms with Crippen molar-refractivity contribution in [1.29, 1.82) is 0 Å². The maximum Gasteiger partial charge on any atom is 0.326 e. The molecule has 0 spiro atoms. The highest BCUT2D eigenvalue weighted by Gasteiger charge is 2.76. The molecule has 3 atom stereocenters. The Hall–Kier alpha value is -2.89.